The van der Waals surface area contributed by atoms with Gasteiger partial charge in [-0.2, -0.15) is 0 Å². The number of halogens is 1. The number of carbonyl (C=O) groups excluding carboxylic acids is 1. The Morgan fingerprint density at radius 2 is 1.93 bits per heavy atom. The van der Waals surface area contributed by atoms with Gasteiger partial charge >= 0.3 is 0 Å². The molecule has 5 nitrogen and oxygen atoms in total. The molecule has 1 saturated heterocycles. The molecule has 0 aliphatic carbocycles. The second kappa shape index (κ2) is 9.06. The molecule has 0 bridgehead atoms. The van der Waals surface area contributed by atoms with Gasteiger partial charge in [-0.3, -0.25) is 4.79 Å². The van der Waals surface area contributed by atoms with Crippen LogP contribution in [0.15, 0.2) is 42.5 Å². The zero-order valence-corrected chi connectivity index (χ0v) is 16.6. The van der Waals surface area contributed by atoms with E-state index >= 15 is 0 Å². The van der Waals surface area contributed by atoms with Crippen LogP contribution in [-0.4, -0.2) is 38.3 Å². The first-order chi connectivity index (χ1) is 13.5. The Bertz CT molecular complexity index is 817. The minimum atomic E-state index is -0.280. The van der Waals surface area contributed by atoms with E-state index in [9.17, 15) is 9.18 Å². The first-order valence-corrected chi connectivity index (χ1v) is 9.53. The van der Waals surface area contributed by atoms with Crippen LogP contribution in [0.2, 0.25) is 0 Å². The summed E-state index contributed by atoms with van der Waals surface area (Å²) < 4.78 is 25.6. The smallest absolute Gasteiger partial charge is 0.224 e. The maximum Gasteiger partial charge on any atom is 0.224 e. The number of para-hydroxylation sites is 1. The van der Waals surface area contributed by atoms with Gasteiger partial charge in [0.25, 0.3) is 0 Å². The molecule has 1 amide bonds. The van der Waals surface area contributed by atoms with Crippen LogP contribution >= 0.6 is 0 Å². The van der Waals surface area contributed by atoms with Gasteiger partial charge in [0.2, 0.25) is 5.91 Å². The zero-order chi connectivity index (χ0) is 20.1. The predicted octanol–water partition coefficient (Wildman–Crippen LogP) is 3.31. The SMILES string of the molecule is COc1ccccc1CC(=O)NCc1ccc(N2C[C@@H](C)O[C@H](C)C2)c(F)c1. The highest BCUT2D eigenvalue weighted by Gasteiger charge is 2.24. The van der Waals surface area contributed by atoms with Crippen molar-refractivity contribution in [3.05, 3.63) is 59.4 Å². The van der Waals surface area contributed by atoms with Gasteiger partial charge in [0, 0.05) is 25.2 Å². The van der Waals surface area contributed by atoms with Crippen molar-refractivity contribution in [3.63, 3.8) is 0 Å². The second-order valence-corrected chi connectivity index (χ2v) is 7.21. The number of ether oxygens (including phenoxy) is 2. The molecule has 2 aromatic rings. The van der Waals surface area contributed by atoms with Gasteiger partial charge in [-0.1, -0.05) is 24.3 Å². The molecule has 2 aromatic carbocycles. The van der Waals surface area contributed by atoms with Crippen molar-refractivity contribution in [3.8, 4) is 5.75 Å². The summed E-state index contributed by atoms with van der Waals surface area (Å²) >= 11 is 0. The lowest BCUT2D eigenvalue weighted by Gasteiger charge is -2.37. The van der Waals surface area contributed by atoms with E-state index in [1.54, 1.807) is 13.2 Å². The van der Waals surface area contributed by atoms with E-state index < -0.39 is 0 Å². The van der Waals surface area contributed by atoms with Gasteiger partial charge in [-0.15, -0.1) is 0 Å². The topological polar surface area (TPSA) is 50.8 Å². The van der Waals surface area contributed by atoms with Crippen molar-refractivity contribution in [1.82, 2.24) is 5.32 Å². The number of amides is 1. The van der Waals surface area contributed by atoms with E-state index in [1.807, 2.05) is 49.1 Å². The summed E-state index contributed by atoms with van der Waals surface area (Å²) in [6.07, 6.45) is 0.350. The Hall–Kier alpha value is -2.60. The van der Waals surface area contributed by atoms with Crippen LogP contribution in [0, 0.1) is 5.82 Å². The lowest BCUT2D eigenvalue weighted by atomic mass is 10.1. The molecule has 0 spiro atoms. The van der Waals surface area contributed by atoms with E-state index in [1.165, 1.54) is 6.07 Å². The van der Waals surface area contributed by atoms with Crippen molar-refractivity contribution in [1.29, 1.82) is 0 Å². The first-order valence-electron chi connectivity index (χ1n) is 9.53. The quantitative estimate of drug-likeness (QED) is 0.828. The van der Waals surface area contributed by atoms with Crippen molar-refractivity contribution < 1.29 is 18.7 Å². The van der Waals surface area contributed by atoms with Crippen LogP contribution < -0.4 is 15.0 Å². The standard InChI is InChI=1S/C22H27FN2O3/c1-15-13-25(14-16(2)28-15)20-9-8-17(10-19(20)23)12-24-22(26)11-18-6-4-5-7-21(18)27-3/h4-10,15-16H,11-14H2,1-3H3,(H,24,26)/t15-,16-/m1/s1. The molecule has 6 heteroatoms. The fourth-order valence-electron chi connectivity index (χ4n) is 3.58. The van der Waals surface area contributed by atoms with Crippen molar-refractivity contribution in [2.75, 3.05) is 25.1 Å². The van der Waals surface area contributed by atoms with Crippen molar-refractivity contribution >= 4 is 11.6 Å². The number of hydrogen-bond donors (Lipinski definition) is 1. The van der Waals surface area contributed by atoms with Crippen LogP contribution in [0.25, 0.3) is 0 Å². The fraction of sp³-hybridized carbons (Fsp3) is 0.409. The number of carbonyl (C=O) groups is 1. The molecule has 1 aliphatic rings. The van der Waals surface area contributed by atoms with Gasteiger partial charge in [-0.05, 0) is 37.6 Å². The number of nitrogens with one attached hydrogen (secondary N) is 1. The lowest BCUT2D eigenvalue weighted by molar-refractivity contribution is -0.120. The zero-order valence-electron chi connectivity index (χ0n) is 16.6. The van der Waals surface area contributed by atoms with E-state index in [0.717, 1.165) is 11.1 Å². The molecule has 0 aromatic heterocycles. The summed E-state index contributed by atoms with van der Waals surface area (Å²) in [6, 6.07) is 12.5. The molecule has 1 heterocycles. The number of methoxy groups -OCH3 is 1. The van der Waals surface area contributed by atoms with E-state index in [2.05, 4.69) is 5.32 Å². The summed E-state index contributed by atoms with van der Waals surface area (Å²) in [4.78, 5) is 14.3. The molecule has 1 fully saturated rings. The summed E-state index contributed by atoms with van der Waals surface area (Å²) in [5, 5.41) is 2.84. The van der Waals surface area contributed by atoms with Crippen LogP contribution in [0.3, 0.4) is 0 Å². The Morgan fingerprint density at radius 3 is 2.61 bits per heavy atom. The van der Waals surface area contributed by atoms with Crippen LogP contribution in [0.5, 0.6) is 5.75 Å². The predicted molar refractivity (Wildman–Crippen MR) is 107 cm³/mol. The highest BCUT2D eigenvalue weighted by atomic mass is 19.1. The number of anilines is 1. The van der Waals surface area contributed by atoms with E-state index in [-0.39, 0.29) is 36.9 Å². The average Bonchev–Trinajstić information content (AvgIpc) is 2.66. The molecule has 2 atom stereocenters. The number of benzene rings is 2. The first kappa shape index (κ1) is 20.1. The van der Waals surface area contributed by atoms with Crippen LogP contribution in [0.4, 0.5) is 10.1 Å². The largest absolute Gasteiger partial charge is 0.496 e. The van der Waals surface area contributed by atoms with Gasteiger partial charge < -0.3 is 19.7 Å². The molecule has 1 aliphatic heterocycles. The molecule has 150 valence electrons. The van der Waals surface area contributed by atoms with Gasteiger partial charge in [-0.25, -0.2) is 4.39 Å². The van der Waals surface area contributed by atoms with E-state index in [4.69, 9.17) is 9.47 Å². The number of nitrogens with zero attached hydrogens (tertiary/aromatic N) is 1. The molecular weight excluding hydrogens is 359 g/mol. The average molecular weight is 386 g/mol. The maximum absolute atomic E-state index is 14.6. The lowest BCUT2D eigenvalue weighted by Crippen LogP contribution is -2.45. The van der Waals surface area contributed by atoms with Crippen molar-refractivity contribution in [2.24, 2.45) is 0 Å². The molecule has 0 saturated carbocycles. The molecule has 28 heavy (non-hydrogen) atoms. The van der Waals surface area contributed by atoms with Gasteiger partial charge in [0.05, 0.1) is 31.4 Å². The third kappa shape index (κ3) is 5.01. The number of hydrogen-bond acceptors (Lipinski definition) is 4. The highest BCUT2D eigenvalue weighted by Crippen LogP contribution is 2.24. The minimum Gasteiger partial charge on any atom is -0.496 e. The molecule has 1 N–H and O–H groups in total. The Balaban J connectivity index is 1.59. The van der Waals surface area contributed by atoms with E-state index in [0.29, 0.717) is 24.5 Å². The summed E-state index contributed by atoms with van der Waals surface area (Å²) in [7, 11) is 1.58. The molecule has 0 unspecified atom stereocenters. The second-order valence-electron chi connectivity index (χ2n) is 7.21. The van der Waals surface area contributed by atoms with Crippen LogP contribution in [-0.2, 0) is 22.5 Å². The fourth-order valence-corrected chi connectivity index (χ4v) is 3.58. The Kier molecular flexibility index (Phi) is 6.52. The summed E-state index contributed by atoms with van der Waals surface area (Å²) in [5.41, 5.74) is 2.12. The third-order valence-corrected chi connectivity index (χ3v) is 4.81. The van der Waals surface area contributed by atoms with Gasteiger partial charge in [0.15, 0.2) is 0 Å². The number of rotatable bonds is 6. The molecule has 0 radical (unpaired) electrons. The Labute approximate surface area is 165 Å². The highest BCUT2D eigenvalue weighted by molar-refractivity contribution is 5.79. The van der Waals surface area contributed by atoms with Crippen LogP contribution in [0.1, 0.15) is 25.0 Å². The maximum atomic E-state index is 14.6. The summed E-state index contributed by atoms with van der Waals surface area (Å²) in [6.45, 7) is 5.59. The normalized spacial score (nSPS) is 19.4. The number of morpholine rings is 1. The third-order valence-electron chi connectivity index (χ3n) is 4.81. The van der Waals surface area contributed by atoms with Crippen molar-refractivity contribution in [2.45, 2.75) is 39.0 Å². The monoisotopic (exact) mass is 386 g/mol. The van der Waals surface area contributed by atoms with Gasteiger partial charge in [0.1, 0.15) is 11.6 Å². The summed E-state index contributed by atoms with van der Waals surface area (Å²) in [5.74, 6) is 0.268. The molecule has 3 rings (SSSR count). The minimum absolute atomic E-state index is 0.0668. The Morgan fingerprint density at radius 1 is 1.21 bits per heavy atom. The molecular formula is C22H27FN2O3.